The summed E-state index contributed by atoms with van der Waals surface area (Å²) in [6.07, 6.45) is 0.568. The van der Waals surface area contributed by atoms with Crippen LogP contribution < -0.4 is 19.7 Å². The lowest BCUT2D eigenvalue weighted by atomic mass is 10.2. The van der Waals surface area contributed by atoms with Crippen LogP contribution in [0.2, 0.25) is 0 Å². The Labute approximate surface area is 180 Å². The molecule has 1 fully saturated rings. The number of fused-ring (bicyclic) bond motifs is 1. The maximum Gasteiger partial charge on any atom is 0.279 e. The molecule has 31 heavy (non-hydrogen) atoms. The predicted octanol–water partition coefficient (Wildman–Crippen LogP) is 0.621. The van der Waals surface area contributed by atoms with Crippen LogP contribution in [0.3, 0.4) is 0 Å². The summed E-state index contributed by atoms with van der Waals surface area (Å²) in [7, 11) is -7.77. The smallest absolute Gasteiger partial charge is 0.279 e. The molecule has 2 N–H and O–H groups in total. The van der Waals surface area contributed by atoms with Gasteiger partial charge in [0.25, 0.3) is 15.9 Å². The number of carbonyl (C=O) groups excluding carboxylic acids is 1. The SMILES string of the molecule is O=C(NNS(=O)(=O)c1ccc(S(=O)(=O)N2CCCC2)cc1)[C@H]1COc2ccccc2O1. The van der Waals surface area contributed by atoms with E-state index in [-0.39, 0.29) is 16.4 Å². The van der Waals surface area contributed by atoms with E-state index in [1.165, 1.54) is 28.6 Å². The Morgan fingerprint density at radius 1 is 0.903 bits per heavy atom. The highest BCUT2D eigenvalue weighted by Crippen LogP contribution is 2.30. The Kier molecular flexibility index (Phi) is 5.88. The second kappa shape index (κ2) is 8.46. The number of nitrogens with zero attached hydrogens (tertiary/aromatic N) is 1. The van der Waals surface area contributed by atoms with Gasteiger partial charge in [-0.1, -0.05) is 12.1 Å². The van der Waals surface area contributed by atoms with E-state index >= 15 is 0 Å². The number of hydrogen-bond acceptors (Lipinski definition) is 7. The van der Waals surface area contributed by atoms with Crippen LogP contribution in [0.15, 0.2) is 58.3 Å². The largest absolute Gasteiger partial charge is 0.485 e. The maximum atomic E-state index is 12.6. The highest BCUT2D eigenvalue weighted by molar-refractivity contribution is 7.89. The minimum absolute atomic E-state index is 0.0174. The van der Waals surface area contributed by atoms with Gasteiger partial charge in [0.05, 0.1) is 9.79 Å². The van der Waals surface area contributed by atoms with E-state index in [9.17, 15) is 21.6 Å². The number of benzene rings is 2. The lowest BCUT2D eigenvalue weighted by Gasteiger charge is -2.25. The van der Waals surface area contributed by atoms with Gasteiger partial charge in [0, 0.05) is 13.1 Å². The summed E-state index contributed by atoms with van der Waals surface area (Å²) in [6, 6.07) is 11.6. The quantitative estimate of drug-likeness (QED) is 0.596. The molecule has 0 aliphatic carbocycles. The van der Waals surface area contributed by atoms with Crippen LogP contribution in [0, 0.1) is 0 Å². The summed E-state index contributed by atoms with van der Waals surface area (Å²) >= 11 is 0. The first-order chi connectivity index (χ1) is 14.8. The highest BCUT2D eigenvalue weighted by Gasteiger charge is 2.29. The van der Waals surface area contributed by atoms with Crippen LogP contribution in [-0.2, 0) is 24.8 Å². The summed E-state index contributed by atoms with van der Waals surface area (Å²) in [4.78, 5) is 14.1. The molecule has 1 atom stereocenters. The normalized spacial score (nSPS) is 19.2. The number of nitrogens with one attached hydrogen (secondary N) is 2. The Morgan fingerprint density at radius 2 is 1.52 bits per heavy atom. The number of carbonyl (C=O) groups is 1. The van der Waals surface area contributed by atoms with E-state index in [0.717, 1.165) is 12.8 Å². The zero-order valence-electron chi connectivity index (χ0n) is 16.4. The number of para-hydroxylation sites is 2. The van der Waals surface area contributed by atoms with Crippen molar-refractivity contribution in [3.8, 4) is 11.5 Å². The van der Waals surface area contributed by atoms with Gasteiger partial charge >= 0.3 is 0 Å². The van der Waals surface area contributed by atoms with Gasteiger partial charge in [-0.15, -0.1) is 4.83 Å². The molecule has 1 saturated heterocycles. The van der Waals surface area contributed by atoms with E-state index in [1.807, 2.05) is 4.83 Å². The molecule has 2 aromatic rings. The molecule has 0 unspecified atom stereocenters. The molecule has 1 amide bonds. The molecule has 166 valence electrons. The van der Waals surface area contributed by atoms with Crippen LogP contribution in [0.5, 0.6) is 11.5 Å². The molecule has 4 rings (SSSR count). The van der Waals surface area contributed by atoms with Gasteiger partial charge in [0.15, 0.2) is 11.5 Å². The minimum atomic E-state index is -4.12. The van der Waals surface area contributed by atoms with Gasteiger partial charge < -0.3 is 9.47 Å². The van der Waals surface area contributed by atoms with Gasteiger partial charge in [-0.25, -0.2) is 16.8 Å². The zero-order valence-corrected chi connectivity index (χ0v) is 18.0. The summed E-state index contributed by atoms with van der Waals surface area (Å²) < 4.78 is 62.4. The van der Waals surface area contributed by atoms with E-state index in [0.29, 0.717) is 24.6 Å². The second-order valence-corrected chi connectivity index (χ2v) is 10.7. The Balaban J connectivity index is 1.39. The fourth-order valence-electron chi connectivity index (χ4n) is 3.27. The molecule has 2 heterocycles. The average Bonchev–Trinajstić information content (AvgIpc) is 3.33. The number of sulfonamides is 2. The minimum Gasteiger partial charge on any atom is -0.485 e. The lowest BCUT2D eigenvalue weighted by molar-refractivity contribution is -0.130. The monoisotopic (exact) mass is 467 g/mol. The van der Waals surface area contributed by atoms with Crippen molar-refractivity contribution in [2.75, 3.05) is 19.7 Å². The molecular weight excluding hydrogens is 446 g/mol. The average molecular weight is 468 g/mol. The number of hydrogen-bond donors (Lipinski definition) is 2. The van der Waals surface area contributed by atoms with E-state index in [1.54, 1.807) is 24.3 Å². The molecule has 2 aliphatic heterocycles. The van der Waals surface area contributed by atoms with Crippen LogP contribution >= 0.6 is 0 Å². The number of hydrazine groups is 1. The van der Waals surface area contributed by atoms with Gasteiger partial charge in [-0.2, -0.15) is 4.31 Å². The second-order valence-electron chi connectivity index (χ2n) is 7.04. The van der Waals surface area contributed by atoms with Gasteiger partial charge in [-0.05, 0) is 49.2 Å². The first-order valence-electron chi connectivity index (χ1n) is 9.58. The fourth-order valence-corrected chi connectivity index (χ4v) is 5.64. The van der Waals surface area contributed by atoms with E-state index in [2.05, 4.69) is 5.43 Å². The third-order valence-corrected chi connectivity index (χ3v) is 8.12. The zero-order chi connectivity index (χ0) is 22.1. The Morgan fingerprint density at radius 3 is 2.19 bits per heavy atom. The van der Waals surface area contributed by atoms with Crippen LogP contribution in [-0.4, -0.2) is 52.8 Å². The summed E-state index contributed by atoms with van der Waals surface area (Å²) in [5, 5.41) is 0. The van der Waals surface area contributed by atoms with Crippen LogP contribution in [0.4, 0.5) is 0 Å². The molecular formula is C19H21N3O7S2. The van der Waals surface area contributed by atoms with Crippen molar-refractivity contribution in [1.29, 1.82) is 0 Å². The predicted molar refractivity (Wildman–Crippen MR) is 109 cm³/mol. The fraction of sp³-hybridized carbons (Fsp3) is 0.316. The summed E-state index contributed by atoms with van der Waals surface area (Å²) in [6.45, 7) is 0.828. The van der Waals surface area contributed by atoms with E-state index < -0.39 is 32.1 Å². The standard InChI is InChI=1S/C19H21N3O7S2/c23-19(18-13-28-16-5-1-2-6-17(16)29-18)20-21-30(24,25)14-7-9-15(10-8-14)31(26,27)22-11-3-4-12-22/h1-2,5-10,18,21H,3-4,11-13H2,(H,20,23)/t18-/m1/s1. The van der Waals surface area contributed by atoms with Crippen molar-refractivity contribution in [3.05, 3.63) is 48.5 Å². The van der Waals surface area contributed by atoms with Crippen LogP contribution in [0.1, 0.15) is 12.8 Å². The van der Waals surface area contributed by atoms with Gasteiger partial charge in [-0.3, -0.25) is 10.2 Å². The third kappa shape index (κ3) is 4.51. The van der Waals surface area contributed by atoms with Gasteiger partial charge in [0.2, 0.25) is 16.1 Å². The first-order valence-corrected chi connectivity index (χ1v) is 12.5. The molecule has 2 aromatic carbocycles. The number of rotatable bonds is 6. The lowest BCUT2D eigenvalue weighted by Crippen LogP contribution is -2.50. The summed E-state index contributed by atoms with van der Waals surface area (Å²) in [5.41, 5.74) is 2.10. The molecule has 0 spiro atoms. The van der Waals surface area contributed by atoms with Crippen molar-refractivity contribution in [2.24, 2.45) is 0 Å². The molecule has 0 saturated carbocycles. The van der Waals surface area contributed by atoms with Crippen LogP contribution in [0.25, 0.3) is 0 Å². The van der Waals surface area contributed by atoms with Crippen molar-refractivity contribution in [2.45, 2.75) is 28.7 Å². The number of amides is 1. The van der Waals surface area contributed by atoms with Crippen molar-refractivity contribution >= 4 is 26.0 Å². The van der Waals surface area contributed by atoms with Crippen molar-refractivity contribution < 1.29 is 31.1 Å². The molecule has 10 nitrogen and oxygen atoms in total. The van der Waals surface area contributed by atoms with Crippen molar-refractivity contribution in [1.82, 2.24) is 14.6 Å². The Bertz CT molecular complexity index is 1180. The topological polar surface area (TPSA) is 131 Å². The number of ether oxygens (including phenoxy) is 2. The molecule has 12 heteroatoms. The first kappa shape index (κ1) is 21.6. The molecule has 0 radical (unpaired) electrons. The molecule has 2 aliphatic rings. The highest BCUT2D eigenvalue weighted by atomic mass is 32.2. The Hall–Kier alpha value is -2.67. The molecule has 0 bridgehead atoms. The maximum absolute atomic E-state index is 12.6. The summed E-state index contributed by atoms with van der Waals surface area (Å²) in [5.74, 6) is 0.147. The van der Waals surface area contributed by atoms with Gasteiger partial charge in [0.1, 0.15) is 6.61 Å². The van der Waals surface area contributed by atoms with E-state index in [4.69, 9.17) is 9.47 Å². The molecule has 0 aromatic heterocycles. The van der Waals surface area contributed by atoms with Crippen molar-refractivity contribution in [3.63, 3.8) is 0 Å². The third-order valence-electron chi connectivity index (χ3n) is 4.95.